The third-order valence-electron chi connectivity index (χ3n) is 5.47. The van der Waals surface area contributed by atoms with Gasteiger partial charge >= 0.3 is 0 Å². The molecule has 0 bridgehead atoms. The zero-order chi connectivity index (χ0) is 14.9. The Balaban J connectivity index is 1.94. The number of hydrogen-bond acceptors (Lipinski definition) is 3. The highest BCUT2D eigenvalue weighted by atomic mass is 16.2. The Kier molecular flexibility index (Phi) is 4.75. The molecule has 0 aromatic rings. The second-order valence-electron chi connectivity index (χ2n) is 7.44. The summed E-state index contributed by atoms with van der Waals surface area (Å²) in [5.41, 5.74) is 6.30. The molecule has 0 saturated heterocycles. The van der Waals surface area contributed by atoms with E-state index in [9.17, 15) is 4.79 Å². The van der Waals surface area contributed by atoms with Gasteiger partial charge in [0.15, 0.2) is 0 Å². The number of nitrogens with two attached hydrogens (primary N) is 1. The topological polar surface area (TPSA) is 49.6 Å². The maximum atomic E-state index is 12.7. The summed E-state index contributed by atoms with van der Waals surface area (Å²) in [5, 5.41) is 0. The SMILES string of the molecule is CC1CC(N)CC(C(=O)N(C)CC2(N(C)C)CCC2)C1. The Morgan fingerprint density at radius 2 is 1.85 bits per heavy atom. The predicted octanol–water partition coefficient (Wildman–Crippen LogP) is 1.69. The van der Waals surface area contributed by atoms with Crippen LogP contribution in [0.1, 0.15) is 45.4 Å². The maximum Gasteiger partial charge on any atom is 0.225 e. The van der Waals surface area contributed by atoms with Crippen LogP contribution in [-0.4, -0.2) is 55.0 Å². The number of likely N-dealkylation sites (N-methyl/N-ethyl adjacent to an activating group) is 2. The molecule has 2 rings (SSSR count). The number of hydrogen-bond donors (Lipinski definition) is 1. The van der Waals surface area contributed by atoms with Crippen LogP contribution in [0.15, 0.2) is 0 Å². The first-order valence-corrected chi connectivity index (χ1v) is 8.02. The molecule has 4 nitrogen and oxygen atoms in total. The summed E-state index contributed by atoms with van der Waals surface area (Å²) in [6, 6.07) is 0.201. The molecule has 3 atom stereocenters. The van der Waals surface area contributed by atoms with E-state index in [2.05, 4.69) is 25.9 Å². The monoisotopic (exact) mass is 281 g/mol. The Labute approximate surface area is 123 Å². The van der Waals surface area contributed by atoms with E-state index in [1.807, 2.05) is 11.9 Å². The summed E-state index contributed by atoms with van der Waals surface area (Å²) in [6.45, 7) is 3.07. The molecule has 2 fully saturated rings. The minimum absolute atomic E-state index is 0.137. The highest BCUT2D eigenvalue weighted by Gasteiger charge is 2.41. The first-order chi connectivity index (χ1) is 9.34. The van der Waals surface area contributed by atoms with Crippen molar-refractivity contribution in [3.05, 3.63) is 0 Å². The van der Waals surface area contributed by atoms with E-state index in [1.165, 1.54) is 19.3 Å². The summed E-state index contributed by atoms with van der Waals surface area (Å²) in [5.74, 6) is 1.02. The zero-order valence-corrected chi connectivity index (χ0v) is 13.6. The summed E-state index contributed by atoms with van der Waals surface area (Å²) >= 11 is 0. The van der Waals surface area contributed by atoms with Gasteiger partial charge in [-0.05, 0) is 58.5 Å². The van der Waals surface area contributed by atoms with Crippen molar-refractivity contribution >= 4 is 5.91 Å². The van der Waals surface area contributed by atoms with Crippen molar-refractivity contribution in [2.75, 3.05) is 27.7 Å². The standard InChI is InChI=1S/C16H31N3O/c1-12-8-13(10-14(17)9-12)15(20)19(4)11-16(18(2)3)6-5-7-16/h12-14H,5-11,17H2,1-4H3. The van der Waals surface area contributed by atoms with Gasteiger partial charge in [-0.3, -0.25) is 4.79 Å². The van der Waals surface area contributed by atoms with E-state index in [0.29, 0.717) is 11.8 Å². The Morgan fingerprint density at radius 1 is 1.20 bits per heavy atom. The van der Waals surface area contributed by atoms with Crippen molar-refractivity contribution in [2.24, 2.45) is 17.6 Å². The summed E-state index contributed by atoms with van der Waals surface area (Å²) in [4.78, 5) is 16.9. The molecule has 1 amide bonds. The van der Waals surface area contributed by atoms with Gasteiger partial charge in [0.05, 0.1) is 0 Å². The second-order valence-corrected chi connectivity index (χ2v) is 7.44. The maximum absolute atomic E-state index is 12.7. The Bertz CT molecular complexity index is 342. The molecule has 0 spiro atoms. The summed E-state index contributed by atoms with van der Waals surface area (Å²) < 4.78 is 0. The molecule has 0 aromatic carbocycles. The molecule has 0 radical (unpaired) electrons. The van der Waals surface area contributed by atoms with E-state index >= 15 is 0 Å². The van der Waals surface area contributed by atoms with Crippen LogP contribution in [-0.2, 0) is 4.79 Å². The number of carbonyl (C=O) groups is 1. The van der Waals surface area contributed by atoms with E-state index in [-0.39, 0.29) is 17.5 Å². The lowest BCUT2D eigenvalue weighted by Gasteiger charge is -2.49. The van der Waals surface area contributed by atoms with Gasteiger partial charge in [-0.1, -0.05) is 6.92 Å². The van der Waals surface area contributed by atoms with Gasteiger partial charge in [0, 0.05) is 31.1 Å². The molecule has 2 N–H and O–H groups in total. The predicted molar refractivity (Wildman–Crippen MR) is 82.4 cm³/mol. The highest BCUT2D eigenvalue weighted by Crippen LogP contribution is 2.37. The molecule has 2 aliphatic carbocycles. The van der Waals surface area contributed by atoms with Gasteiger partial charge in [-0.15, -0.1) is 0 Å². The van der Waals surface area contributed by atoms with Crippen LogP contribution in [0.2, 0.25) is 0 Å². The fraction of sp³-hybridized carbons (Fsp3) is 0.938. The molecule has 0 aliphatic heterocycles. The molecular formula is C16H31N3O. The third kappa shape index (κ3) is 3.17. The number of nitrogens with zero attached hydrogens (tertiary/aromatic N) is 2. The molecular weight excluding hydrogens is 250 g/mol. The smallest absolute Gasteiger partial charge is 0.225 e. The third-order valence-corrected chi connectivity index (χ3v) is 5.47. The lowest BCUT2D eigenvalue weighted by molar-refractivity contribution is -0.138. The normalized spacial score (nSPS) is 32.8. The molecule has 3 unspecified atom stereocenters. The quantitative estimate of drug-likeness (QED) is 0.853. The molecule has 2 saturated carbocycles. The van der Waals surface area contributed by atoms with Crippen molar-refractivity contribution in [3.63, 3.8) is 0 Å². The lowest BCUT2D eigenvalue weighted by atomic mass is 9.74. The highest BCUT2D eigenvalue weighted by molar-refractivity contribution is 5.79. The van der Waals surface area contributed by atoms with Crippen molar-refractivity contribution in [1.82, 2.24) is 9.80 Å². The Morgan fingerprint density at radius 3 is 2.30 bits per heavy atom. The van der Waals surface area contributed by atoms with Crippen LogP contribution in [0.25, 0.3) is 0 Å². The fourth-order valence-corrected chi connectivity index (χ4v) is 4.02. The number of rotatable bonds is 4. The van der Waals surface area contributed by atoms with Crippen LogP contribution in [0.5, 0.6) is 0 Å². The van der Waals surface area contributed by atoms with Crippen LogP contribution in [0.4, 0.5) is 0 Å². The van der Waals surface area contributed by atoms with Gasteiger partial charge in [-0.25, -0.2) is 0 Å². The van der Waals surface area contributed by atoms with E-state index in [0.717, 1.165) is 25.8 Å². The first kappa shape index (κ1) is 15.8. The van der Waals surface area contributed by atoms with Crippen molar-refractivity contribution in [2.45, 2.75) is 57.0 Å². The molecule has 20 heavy (non-hydrogen) atoms. The number of amides is 1. The van der Waals surface area contributed by atoms with E-state index < -0.39 is 0 Å². The van der Waals surface area contributed by atoms with Gasteiger partial charge in [0.25, 0.3) is 0 Å². The second kappa shape index (κ2) is 6.02. The van der Waals surface area contributed by atoms with Gasteiger partial charge in [0.1, 0.15) is 0 Å². The van der Waals surface area contributed by atoms with Crippen molar-refractivity contribution in [1.29, 1.82) is 0 Å². The average Bonchev–Trinajstić information content (AvgIpc) is 2.30. The van der Waals surface area contributed by atoms with E-state index in [4.69, 9.17) is 5.73 Å². The average molecular weight is 281 g/mol. The van der Waals surface area contributed by atoms with Crippen molar-refractivity contribution in [3.8, 4) is 0 Å². The minimum atomic E-state index is 0.137. The number of carbonyl (C=O) groups excluding carboxylic acids is 1. The van der Waals surface area contributed by atoms with Crippen molar-refractivity contribution < 1.29 is 4.79 Å². The Hall–Kier alpha value is -0.610. The van der Waals surface area contributed by atoms with Gasteiger partial charge < -0.3 is 15.5 Å². The first-order valence-electron chi connectivity index (χ1n) is 8.02. The summed E-state index contributed by atoms with van der Waals surface area (Å²) in [7, 11) is 6.24. The minimum Gasteiger partial charge on any atom is -0.344 e. The largest absolute Gasteiger partial charge is 0.344 e. The van der Waals surface area contributed by atoms with Crippen LogP contribution in [0.3, 0.4) is 0 Å². The molecule has 0 aromatic heterocycles. The van der Waals surface area contributed by atoms with E-state index in [1.54, 1.807) is 0 Å². The molecule has 4 heteroatoms. The van der Waals surface area contributed by atoms with Crippen LogP contribution >= 0.6 is 0 Å². The van der Waals surface area contributed by atoms with Crippen LogP contribution < -0.4 is 5.73 Å². The van der Waals surface area contributed by atoms with Crippen LogP contribution in [0, 0.1) is 11.8 Å². The molecule has 2 aliphatic rings. The lowest BCUT2D eigenvalue weighted by Crippen LogP contribution is -2.58. The van der Waals surface area contributed by atoms with Gasteiger partial charge in [0.2, 0.25) is 5.91 Å². The summed E-state index contributed by atoms with van der Waals surface area (Å²) in [6.07, 6.45) is 6.63. The van der Waals surface area contributed by atoms with Gasteiger partial charge in [-0.2, -0.15) is 0 Å². The molecule has 0 heterocycles. The fourth-order valence-electron chi connectivity index (χ4n) is 4.02. The zero-order valence-electron chi connectivity index (χ0n) is 13.6. The molecule has 116 valence electrons.